The third-order valence-corrected chi connectivity index (χ3v) is 4.02. The van der Waals surface area contributed by atoms with Gasteiger partial charge in [-0.05, 0) is 49.4 Å². The quantitative estimate of drug-likeness (QED) is 0.466. The van der Waals surface area contributed by atoms with Crippen LogP contribution in [0.1, 0.15) is 34.7 Å². The summed E-state index contributed by atoms with van der Waals surface area (Å²) in [7, 11) is 0. The molecule has 0 aliphatic heterocycles. The third-order valence-electron chi connectivity index (χ3n) is 4.02. The first-order chi connectivity index (χ1) is 12.1. The molecule has 130 valence electrons. The van der Waals surface area contributed by atoms with Gasteiger partial charge in [-0.2, -0.15) is 0 Å². The van der Waals surface area contributed by atoms with Crippen LogP contribution in [0.2, 0.25) is 0 Å². The second kappa shape index (κ2) is 11.9. The van der Waals surface area contributed by atoms with Crippen molar-refractivity contribution < 1.29 is 0 Å². The van der Waals surface area contributed by atoms with Crippen LogP contribution in [0, 0.1) is 20.8 Å². The Kier molecular flexibility index (Phi) is 9.70. The summed E-state index contributed by atoms with van der Waals surface area (Å²) >= 11 is 0. The molecule has 0 bridgehead atoms. The van der Waals surface area contributed by atoms with Crippen molar-refractivity contribution in [1.29, 1.82) is 0 Å². The van der Waals surface area contributed by atoms with Crippen LogP contribution in [0.4, 0.5) is 0 Å². The maximum Gasteiger partial charge on any atom is -0.0231 e. The zero-order valence-corrected chi connectivity index (χ0v) is 16.0. The number of rotatable bonds is 2. The zero-order valence-electron chi connectivity index (χ0n) is 16.0. The molecule has 3 rings (SSSR count). The monoisotopic (exact) mass is 330 g/mol. The van der Waals surface area contributed by atoms with Crippen molar-refractivity contribution in [1.82, 2.24) is 0 Å². The summed E-state index contributed by atoms with van der Waals surface area (Å²) in [5.41, 5.74) is 6.69. The highest BCUT2D eigenvalue weighted by molar-refractivity contribution is 5.51. The average molecular weight is 331 g/mol. The Hall–Kier alpha value is -2.60. The molecule has 3 aromatic rings. The molecule has 0 N–H and O–H groups in total. The van der Waals surface area contributed by atoms with Crippen molar-refractivity contribution in [3.63, 3.8) is 0 Å². The van der Waals surface area contributed by atoms with Gasteiger partial charge in [0.1, 0.15) is 0 Å². The lowest BCUT2D eigenvalue weighted by atomic mass is 10.1. The summed E-state index contributed by atoms with van der Waals surface area (Å²) in [6, 6.07) is 26.9. The third kappa shape index (κ3) is 8.17. The molecule has 3 aromatic carbocycles. The average Bonchev–Trinajstić information content (AvgIpc) is 2.66. The van der Waals surface area contributed by atoms with Gasteiger partial charge in [-0.1, -0.05) is 104 Å². The van der Waals surface area contributed by atoms with E-state index >= 15 is 0 Å². The van der Waals surface area contributed by atoms with Gasteiger partial charge in [0.15, 0.2) is 0 Å². The van der Waals surface area contributed by atoms with Gasteiger partial charge in [0, 0.05) is 0 Å². The SMILES string of the molecule is C=Cc1ccccc1CC.Cc1ccccc1.Cc1ccccc1C. The fourth-order valence-corrected chi connectivity index (χ4v) is 2.25. The van der Waals surface area contributed by atoms with E-state index in [-0.39, 0.29) is 0 Å². The molecule has 0 unspecified atom stereocenters. The highest BCUT2D eigenvalue weighted by atomic mass is 14.0. The maximum atomic E-state index is 3.74. The van der Waals surface area contributed by atoms with Gasteiger partial charge < -0.3 is 0 Å². The second-order valence-corrected chi connectivity index (χ2v) is 6.00. The molecule has 0 radical (unpaired) electrons. The van der Waals surface area contributed by atoms with E-state index < -0.39 is 0 Å². The lowest BCUT2D eigenvalue weighted by Gasteiger charge is -1.99. The molecule has 0 nitrogen and oxygen atoms in total. The van der Waals surface area contributed by atoms with E-state index in [1.165, 1.54) is 27.8 Å². The van der Waals surface area contributed by atoms with Crippen molar-refractivity contribution in [2.45, 2.75) is 34.1 Å². The topological polar surface area (TPSA) is 0 Å². The zero-order chi connectivity index (χ0) is 18.5. The predicted molar refractivity (Wildman–Crippen MR) is 113 cm³/mol. The van der Waals surface area contributed by atoms with Gasteiger partial charge in [-0.15, -0.1) is 0 Å². The molecule has 0 heterocycles. The number of hydrogen-bond acceptors (Lipinski definition) is 0. The van der Waals surface area contributed by atoms with Crippen molar-refractivity contribution in [3.05, 3.63) is 113 Å². The van der Waals surface area contributed by atoms with Crippen LogP contribution in [0.3, 0.4) is 0 Å². The molecule has 0 saturated carbocycles. The fraction of sp³-hybridized carbons (Fsp3) is 0.200. The molecule has 0 fully saturated rings. The van der Waals surface area contributed by atoms with Crippen molar-refractivity contribution in [2.75, 3.05) is 0 Å². The Bertz CT molecular complexity index is 718. The van der Waals surface area contributed by atoms with E-state index in [0.29, 0.717) is 0 Å². The van der Waals surface area contributed by atoms with Gasteiger partial charge in [-0.3, -0.25) is 0 Å². The summed E-state index contributed by atoms with van der Waals surface area (Å²) in [5, 5.41) is 0. The molecular weight excluding hydrogens is 300 g/mol. The second-order valence-electron chi connectivity index (χ2n) is 6.00. The molecule has 0 atom stereocenters. The fourth-order valence-electron chi connectivity index (χ4n) is 2.25. The van der Waals surface area contributed by atoms with Crippen LogP contribution >= 0.6 is 0 Å². The van der Waals surface area contributed by atoms with E-state index in [2.05, 4.69) is 88.9 Å². The Labute approximate surface area is 153 Å². The smallest absolute Gasteiger partial charge is 0.0231 e. The Morgan fingerprint density at radius 2 is 1.16 bits per heavy atom. The van der Waals surface area contributed by atoms with Crippen LogP contribution in [0.15, 0.2) is 85.4 Å². The molecular formula is C25H30. The number of aryl methyl sites for hydroxylation is 4. The summed E-state index contributed by atoms with van der Waals surface area (Å²) in [5.74, 6) is 0. The van der Waals surface area contributed by atoms with Crippen LogP contribution in [-0.2, 0) is 6.42 Å². The molecule has 0 aliphatic rings. The maximum absolute atomic E-state index is 3.74. The van der Waals surface area contributed by atoms with E-state index in [1.807, 2.05) is 30.3 Å². The van der Waals surface area contributed by atoms with Gasteiger partial charge in [0.05, 0.1) is 0 Å². The van der Waals surface area contributed by atoms with Crippen molar-refractivity contribution >= 4 is 6.08 Å². The van der Waals surface area contributed by atoms with E-state index in [4.69, 9.17) is 0 Å². The van der Waals surface area contributed by atoms with E-state index in [0.717, 1.165) is 6.42 Å². The Morgan fingerprint density at radius 3 is 1.52 bits per heavy atom. The molecule has 0 aromatic heterocycles. The van der Waals surface area contributed by atoms with Gasteiger partial charge in [0.25, 0.3) is 0 Å². The first kappa shape index (κ1) is 20.4. The summed E-state index contributed by atoms with van der Waals surface area (Å²) in [6.45, 7) is 12.2. The lowest BCUT2D eigenvalue weighted by molar-refractivity contribution is 1.13. The standard InChI is InChI=1S/C10H12.C8H10.C7H8/c1-3-9-7-5-6-8-10(9)4-2;1-7-5-3-4-6-8(7)2;1-7-5-3-2-4-6-7/h3,5-8H,1,4H2,2H3;3-6H,1-2H3;2-6H,1H3. The summed E-state index contributed by atoms with van der Waals surface area (Å²) < 4.78 is 0. The van der Waals surface area contributed by atoms with Crippen molar-refractivity contribution in [3.8, 4) is 0 Å². The van der Waals surface area contributed by atoms with Gasteiger partial charge >= 0.3 is 0 Å². The van der Waals surface area contributed by atoms with Crippen LogP contribution < -0.4 is 0 Å². The van der Waals surface area contributed by atoms with Crippen LogP contribution in [0.5, 0.6) is 0 Å². The first-order valence-corrected chi connectivity index (χ1v) is 8.82. The lowest BCUT2D eigenvalue weighted by Crippen LogP contribution is -1.83. The van der Waals surface area contributed by atoms with Crippen LogP contribution in [0.25, 0.3) is 6.08 Å². The minimum atomic E-state index is 1.09. The minimum Gasteiger partial charge on any atom is -0.0985 e. The highest BCUT2D eigenvalue weighted by Gasteiger charge is 1.91. The van der Waals surface area contributed by atoms with Gasteiger partial charge in [-0.25, -0.2) is 0 Å². The molecule has 0 amide bonds. The molecule has 0 heteroatoms. The van der Waals surface area contributed by atoms with Crippen molar-refractivity contribution in [2.24, 2.45) is 0 Å². The largest absolute Gasteiger partial charge is 0.0985 e. The van der Waals surface area contributed by atoms with Crippen LogP contribution in [-0.4, -0.2) is 0 Å². The molecule has 25 heavy (non-hydrogen) atoms. The highest BCUT2D eigenvalue weighted by Crippen LogP contribution is 2.09. The molecule has 0 saturated heterocycles. The minimum absolute atomic E-state index is 1.09. The summed E-state index contributed by atoms with van der Waals surface area (Å²) in [6.07, 6.45) is 2.99. The van der Waals surface area contributed by atoms with E-state index in [1.54, 1.807) is 0 Å². The van der Waals surface area contributed by atoms with Gasteiger partial charge in [0.2, 0.25) is 0 Å². The molecule has 0 aliphatic carbocycles. The number of benzene rings is 3. The summed E-state index contributed by atoms with van der Waals surface area (Å²) in [4.78, 5) is 0. The molecule has 0 spiro atoms. The Morgan fingerprint density at radius 1 is 0.680 bits per heavy atom. The number of hydrogen-bond donors (Lipinski definition) is 0. The Balaban J connectivity index is 0.000000191. The predicted octanol–water partition coefficient (Wildman–Crippen LogP) is 7.19. The first-order valence-electron chi connectivity index (χ1n) is 8.82. The normalized spacial score (nSPS) is 9.12. The van der Waals surface area contributed by atoms with E-state index in [9.17, 15) is 0 Å².